The number of aromatic nitrogens is 3. The zero-order valence-electron chi connectivity index (χ0n) is 13.4. The van der Waals surface area contributed by atoms with Crippen LogP contribution in [0, 0.1) is 13.8 Å². The summed E-state index contributed by atoms with van der Waals surface area (Å²) in [6.45, 7) is 4.28. The van der Waals surface area contributed by atoms with Crippen LogP contribution in [0.15, 0.2) is 54.6 Å². The van der Waals surface area contributed by atoms with E-state index in [1.54, 1.807) is 11.3 Å². The number of para-hydroxylation sites is 3. The fourth-order valence-electron chi connectivity index (χ4n) is 3.42. The second-order valence-corrected chi connectivity index (χ2v) is 7.12. The van der Waals surface area contributed by atoms with Gasteiger partial charge in [-0.1, -0.05) is 24.3 Å². The van der Waals surface area contributed by atoms with Gasteiger partial charge in [-0.25, -0.2) is 9.97 Å². The molecule has 0 spiro atoms. The summed E-state index contributed by atoms with van der Waals surface area (Å²) in [4.78, 5) is 9.77. The molecule has 0 amide bonds. The minimum Gasteiger partial charge on any atom is -0.296 e. The minimum absolute atomic E-state index is 0.993. The lowest BCUT2D eigenvalue weighted by Gasteiger charge is -2.09. The van der Waals surface area contributed by atoms with E-state index >= 15 is 0 Å². The molecule has 0 fully saturated rings. The van der Waals surface area contributed by atoms with Crippen LogP contribution in [0.5, 0.6) is 0 Å². The van der Waals surface area contributed by atoms with Crippen molar-refractivity contribution in [3.63, 3.8) is 0 Å². The van der Waals surface area contributed by atoms with Gasteiger partial charge in [0.25, 0.3) is 0 Å². The third kappa shape index (κ3) is 1.83. The number of thiazole rings is 1. The maximum absolute atomic E-state index is 4.91. The molecular formula is C20H15N3S. The van der Waals surface area contributed by atoms with Crippen molar-refractivity contribution in [3.05, 3.63) is 65.9 Å². The van der Waals surface area contributed by atoms with E-state index in [9.17, 15) is 0 Å². The van der Waals surface area contributed by atoms with Crippen molar-refractivity contribution in [1.82, 2.24) is 14.4 Å². The highest BCUT2D eigenvalue weighted by molar-refractivity contribution is 7.21. The zero-order valence-corrected chi connectivity index (χ0v) is 14.3. The Kier molecular flexibility index (Phi) is 2.79. The molecule has 24 heavy (non-hydrogen) atoms. The summed E-state index contributed by atoms with van der Waals surface area (Å²) in [5.74, 6) is 0. The van der Waals surface area contributed by atoms with Gasteiger partial charge in [0.1, 0.15) is 10.7 Å². The second kappa shape index (κ2) is 4.89. The Balaban J connectivity index is 1.94. The van der Waals surface area contributed by atoms with E-state index in [2.05, 4.69) is 60.7 Å². The predicted octanol–water partition coefficient (Wildman–Crippen LogP) is 5.38. The molecule has 2 aromatic carbocycles. The molecule has 5 rings (SSSR count). The van der Waals surface area contributed by atoms with E-state index in [0.717, 1.165) is 32.8 Å². The Hall–Kier alpha value is -2.72. The summed E-state index contributed by atoms with van der Waals surface area (Å²) in [5.41, 5.74) is 7.76. The van der Waals surface area contributed by atoms with Crippen LogP contribution < -0.4 is 0 Å². The molecule has 5 aromatic rings. The molecule has 3 nitrogen and oxygen atoms in total. The molecule has 116 valence electrons. The number of pyridine rings is 1. The molecule has 0 aliphatic rings. The first-order chi connectivity index (χ1) is 11.7. The van der Waals surface area contributed by atoms with Gasteiger partial charge in [0.15, 0.2) is 0 Å². The van der Waals surface area contributed by atoms with Crippen LogP contribution in [0.1, 0.15) is 11.3 Å². The predicted molar refractivity (Wildman–Crippen MR) is 101 cm³/mol. The standard InChI is InChI=1S/C20H15N3S/c1-12-11-13(2)23-16-9-5-3-7-14(16)21-19(23)18(12)20-22-15-8-4-6-10-17(15)24-20/h3-11H,1-2H3. The lowest BCUT2D eigenvalue weighted by atomic mass is 10.1. The van der Waals surface area contributed by atoms with E-state index < -0.39 is 0 Å². The number of rotatable bonds is 1. The summed E-state index contributed by atoms with van der Waals surface area (Å²) >= 11 is 1.73. The summed E-state index contributed by atoms with van der Waals surface area (Å²) in [7, 11) is 0. The fraction of sp³-hybridized carbons (Fsp3) is 0.100. The fourth-order valence-corrected chi connectivity index (χ4v) is 4.49. The highest BCUT2D eigenvalue weighted by Crippen LogP contribution is 2.36. The van der Waals surface area contributed by atoms with Gasteiger partial charge in [-0.15, -0.1) is 11.3 Å². The van der Waals surface area contributed by atoms with E-state index in [1.807, 2.05) is 12.1 Å². The first-order valence-corrected chi connectivity index (χ1v) is 8.77. The number of imidazole rings is 1. The molecule has 0 saturated heterocycles. The number of nitrogens with zero attached hydrogens (tertiary/aromatic N) is 3. The summed E-state index contributed by atoms with van der Waals surface area (Å²) in [6, 6.07) is 18.8. The molecule has 0 saturated carbocycles. The van der Waals surface area contributed by atoms with Gasteiger partial charge >= 0.3 is 0 Å². The van der Waals surface area contributed by atoms with Crippen molar-refractivity contribution in [1.29, 1.82) is 0 Å². The lowest BCUT2D eigenvalue weighted by Crippen LogP contribution is -1.96. The third-order valence-electron chi connectivity index (χ3n) is 4.46. The first-order valence-electron chi connectivity index (χ1n) is 7.96. The number of fused-ring (bicyclic) bond motifs is 4. The molecule has 0 aliphatic heterocycles. The van der Waals surface area contributed by atoms with Crippen molar-refractivity contribution >= 4 is 38.2 Å². The van der Waals surface area contributed by atoms with Crippen LogP contribution in [0.4, 0.5) is 0 Å². The molecular weight excluding hydrogens is 314 g/mol. The molecule has 0 N–H and O–H groups in total. The van der Waals surface area contributed by atoms with Crippen LogP contribution in [-0.2, 0) is 0 Å². The first kappa shape index (κ1) is 13.7. The highest BCUT2D eigenvalue weighted by atomic mass is 32.1. The molecule has 3 heterocycles. The Morgan fingerprint density at radius 2 is 1.62 bits per heavy atom. The number of hydrogen-bond acceptors (Lipinski definition) is 3. The maximum atomic E-state index is 4.91. The Morgan fingerprint density at radius 3 is 2.46 bits per heavy atom. The summed E-state index contributed by atoms with van der Waals surface area (Å²) < 4.78 is 3.45. The van der Waals surface area contributed by atoms with E-state index in [4.69, 9.17) is 9.97 Å². The van der Waals surface area contributed by atoms with Crippen molar-refractivity contribution in [2.75, 3.05) is 0 Å². The average Bonchev–Trinajstić information content (AvgIpc) is 3.15. The molecule has 0 aliphatic carbocycles. The van der Waals surface area contributed by atoms with Gasteiger partial charge in [0.2, 0.25) is 0 Å². The molecule has 0 unspecified atom stereocenters. The largest absolute Gasteiger partial charge is 0.296 e. The maximum Gasteiger partial charge on any atom is 0.148 e. The quantitative estimate of drug-likeness (QED) is 0.413. The Labute approximate surface area is 143 Å². The molecule has 0 radical (unpaired) electrons. The monoisotopic (exact) mass is 329 g/mol. The van der Waals surface area contributed by atoms with Gasteiger partial charge in [-0.05, 0) is 49.7 Å². The molecule has 0 atom stereocenters. The number of benzene rings is 2. The number of aryl methyl sites for hydroxylation is 2. The van der Waals surface area contributed by atoms with Gasteiger partial charge < -0.3 is 0 Å². The molecule has 4 heteroatoms. The minimum atomic E-state index is 0.993. The Bertz CT molecular complexity index is 1200. The van der Waals surface area contributed by atoms with Crippen LogP contribution in [0.2, 0.25) is 0 Å². The van der Waals surface area contributed by atoms with E-state index in [-0.39, 0.29) is 0 Å². The van der Waals surface area contributed by atoms with Crippen molar-refractivity contribution in [3.8, 4) is 10.6 Å². The van der Waals surface area contributed by atoms with Gasteiger partial charge in [0, 0.05) is 5.69 Å². The van der Waals surface area contributed by atoms with Crippen molar-refractivity contribution in [2.45, 2.75) is 13.8 Å². The van der Waals surface area contributed by atoms with E-state index in [0.29, 0.717) is 0 Å². The SMILES string of the molecule is Cc1cc(C)n2c(nc3ccccc32)c1-c1nc2ccccc2s1. The van der Waals surface area contributed by atoms with Crippen molar-refractivity contribution in [2.24, 2.45) is 0 Å². The summed E-state index contributed by atoms with van der Waals surface area (Å²) in [5, 5.41) is 1.04. The van der Waals surface area contributed by atoms with Crippen LogP contribution in [0.3, 0.4) is 0 Å². The van der Waals surface area contributed by atoms with Gasteiger partial charge in [0.05, 0.1) is 26.8 Å². The zero-order chi connectivity index (χ0) is 16.3. The molecule has 3 aromatic heterocycles. The third-order valence-corrected chi connectivity index (χ3v) is 5.52. The highest BCUT2D eigenvalue weighted by Gasteiger charge is 2.17. The van der Waals surface area contributed by atoms with Crippen LogP contribution >= 0.6 is 11.3 Å². The van der Waals surface area contributed by atoms with Gasteiger partial charge in [-0.3, -0.25) is 4.40 Å². The van der Waals surface area contributed by atoms with Crippen molar-refractivity contribution < 1.29 is 0 Å². The normalized spacial score (nSPS) is 11.8. The average molecular weight is 329 g/mol. The summed E-state index contributed by atoms with van der Waals surface area (Å²) in [6.07, 6.45) is 0. The molecule has 0 bridgehead atoms. The lowest BCUT2D eigenvalue weighted by molar-refractivity contribution is 1.11. The second-order valence-electron chi connectivity index (χ2n) is 6.09. The van der Waals surface area contributed by atoms with E-state index in [1.165, 1.54) is 16.0 Å². The smallest absolute Gasteiger partial charge is 0.148 e. The van der Waals surface area contributed by atoms with Crippen LogP contribution in [-0.4, -0.2) is 14.4 Å². The van der Waals surface area contributed by atoms with Gasteiger partial charge in [-0.2, -0.15) is 0 Å². The number of hydrogen-bond donors (Lipinski definition) is 0. The Morgan fingerprint density at radius 1 is 0.875 bits per heavy atom. The van der Waals surface area contributed by atoms with Crippen LogP contribution in [0.25, 0.3) is 37.5 Å². The topological polar surface area (TPSA) is 30.2 Å².